The van der Waals surface area contributed by atoms with Crippen LogP contribution in [0.3, 0.4) is 0 Å². The molecule has 0 aliphatic heterocycles. The molecule has 0 saturated carbocycles. The van der Waals surface area contributed by atoms with Gasteiger partial charge in [-0.25, -0.2) is 9.97 Å². The minimum absolute atomic E-state index is 0.140. The molecule has 4 rings (SSSR count). The molecule has 0 atom stereocenters. The van der Waals surface area contributed by atoms with Gasteiger partial charge in [0.2, 0.25) is 5.91 Å². The van der Waals surface area contributed by atoms with Gasteiger partial charge in [-0.15, -0.1) is 0 Å². The number of amides is 1. The molecule has 0 unspecified atom stereocenters. The van der Waals surface area contributed by atoms with Crippen molar-refractivity contribution in [2.75, 3.05) is 5.32 Å². The zero-order valence-corrected chi connectivity index (χ0v) is 14.5. The average molecular weight is 346 g/mol. The van der Waals surface area contributed by atoms with Gasteiger partial charge in [0.25, 0.3) is 0 Å². The van der Waals surface area contributed by atoms with Crippen molar-refractivity contribution < 1.29 is 4.79 Å². The Kier molecular flexibility index (Phi) is 3.96. The summed E-state index contributed by atoms with van der Waals surface area (Å²) in [6.45, 7) is 4.01. The van der Waals surface area contributed by atoms with E-state index in [1.165, 1.54) is 0 Å². The van der Waals surface area contributed by atoms with Gasteiger partial charge in [0.1, 0.15) is 18.7 Å². The number of benzene rings is 1. The first-order valence-electron chi connectivity index (χ1n) is 8.29. The topological polar surface area (TPSA) is 77.6 Å². The van der Waals surface area contributed by atoms with E-state index in [-0.39, 0.29) is 12.5 Å². The summed E-state index contributed by atoms with van der Waals surface area (Å²) >= 11 is 0. The maximum absolute atomic E-state index is 12.2. The van der Waals surface area contributed by atoms with Crippen LogP contribution in [-0.2, 0) is 11.3 Å². The van der Waals surface area contributed by atoms with Crippen LogP contribution >= 0.6 is 0 Å². The van der Waals surface area contributed by atoms with Gasteiger partial charge in [-0.2, -0.15) is 5.10 Å². The molecule has 0 fully saturated rings. The van der Waals surface area contributed by atoms with Crippen molar-refractivity contribution >= 4 is 22.6 Å². The molecule has 0 aliphatic rings. The number of para-hydroxylation sites is 2. The molecule has 1 N–H and O–H groups in total. The summed E-state index contributed by atoms with van der Waals surface area (Å²) in [5, 5.41) is 7.15. The highest BCUT2D eigenvalue weighted by Gasteiger charge is 2.09. The van der Waals surface area contributed by atoms with E-state index in [0.29, 0.717) is 5.69 Å². The third-order valence-corrected chi connectivity index (χ3v) is 4.13. The van der Waals surface area contributed by atoms with Crippen molar-refractivity contribution in [3.8, 4) is 5.82 Å². The fourth-order valence-electron chi connectivity index (χ4n) is 2.92. The predicted octanol–water partition coefficient (Wildman–Crippen LogP) is 2.87. The molecule has 0 radical (unpaired) electrons. The fourth-order valence-corrected chi connectivity index (χ4v) is 2.92. The van der Waals surface area contributed by atoms with Crippen molar-refractivity contribution in [1.29, 1.82) is 0 Å². The highest BCUT2D eigenvalue weighted by molar-refractivity contribution is 5.90. The molecule has 26 heavy (non-hydrogen) atoms. The van der Waals surface area contributed by atoms with Crippen LogP contribution in [0.4, 0.5) is 5.69 Å². The van der Waals surface area contributed by atoms with Crippen molar-refractivity contribution in [1.82, 2.24) is 24.3 Å². The highest BCUT2D eigenvalue weighted by Crippen LogP contribution is 2.17. The van der Waals surface area contributed by atoms with Crippen LogP contribution in [0.1, 0.15) is 11.4 Å². The van der Waals surface area contributed by atoms with Gasteiger partial charge in [-0.3, -0.25) is 14.0 Å². The van der Waals surface area contributed by atoms with Gasteiger partial charge in [0.05, 0.1) is 28.6 Å². The Morgan fingerprint density at radius 1 is 1.12 bits per heavy atom. The van der Waals surface area contributed by atoms with Crippen molar-refractivity contribution in [2.45, 2.75) is 20.4 Å². The van der Waals surface area contributed by atoms with Crippen LogP contribution in [0.2, 0.25) is 0 Å². The summed E-state index contributed by atoms with van der Waals surface area (Å²) in [4.78, 5) is 21.0. The first-order chi connectivity index (χ1) is 12.6. The monoisotopic (exact) mass is 346 g/mol. The predicted molar refractivity (Wildman–Crippen MR) is 99.2 cm³/mol. The van der Waals surface area contributed by atoms with Crippen molar-refractivity contribution in [3.63, 3.8) is 0 Å². The standard InChI is InChI=1S/C19H18N6O/c1-13-9-14(2)25(23-13)11-19(26)22-15-7-8-18(20-10-15)24-12-21-16-5-3-4-6-17(16)24/h3-10,12H,11H2,1-2H3,(H,22,26). The Labute approximate surface area is 150 Å². The number of rotatable bonds is 4. The van der Waals surface area contributed by atoms with Gasteiger partial charge < -0.3 is 5.32 Å². The summed E-state index contributed by atoms with van der Waals surface area (Å²) in [6, 6.07) is 13.5. The van der Waals surface area contributed by atoms with E-state index >= 15 is 0 Å². The maximum Gasteiger partial charge on any atom is 0.246 e. The third-order valence-electron chi connectivity index (χ3n) is 4.13. The number of carbonyl (C=O) groups is 1. The van der Waals surface area contributed by atoms with Crippen molar-refractivity contribution in [3.05, 3.63) is 66.4 Å². The fraction of sp³-hybridized carbons (Fsp3) is 0.158. The van der Waals surface area contributed by atoms with Gasteiger partial charge in [0, 0.05) is 5.69 Å². The molecule has 0 bridgehead atoms. The minimum Gasteiger partial charge on any atom is -0.323 e. The second kappa shape index (κ2) is 6.44. The van der Waals surface area contributed by atoms with E-state index in [1.54, 1.807) is 17.2 Å². The second-order valence-corrected chi connectivity index (χ2v) is 6.14. The molecule has 130 valence electrons. The number of nitrogens with one attached hydrogen (secondary N) is 1. The molecule has 0 aliphatic carbocycles. The SMILES string of the molecule is Cc1cc(C)n(CC(=O)Nc2ccc(-n3cnc4ccccc43)nc2)n1. The van der Waals surface area contributed by atoms with E-state index in [0.717, 1.165) is 28.2 Å². The Morgan fingerprint density at radius 2 is 1.96 bits per heavy atom. The number of pyridine rings is 1. The number of hydrogen-bond donors (Lipinski definition) is 1. The van der Waals surface area contributed by atoms with Gasteiger partial charge >= 0.3 is 0 Å². The Morgan fingerprint density at radius 3 is 2.69 bits per heavy atom. The van der Waals surface area contributed by atoms with E-state index in [2.05, 4.69) is 20.4 Å². The normalized spacial score (nSPS) is 11.0. The number of aryl methyl sites for hydroxylation is 2. The molecule has 4 aromatic rings. The number of anilines is 1. The summed E-state index contributed by atoms with van der Waals surface area (Å²) in [5.74, 6) is 0.606. The van der Waals surface area contributed by atoms with Crippen LogP contribution in [0.15, 0.2) is 55.0 Å². The molecular weight excluding hydrogens is 328 g/mol. The summed E-state index contributed by atoms with van der Waals surface area (Å²) < 4.78 is 3.60. The average Bonchev–Trinajstić information content (AvgIpc) is 3.18. The second-order valence-electron chi connectivity index (χ2n) is 6.14. The molecule has 3 aromatic heterocycles. The van der Waals surface area contributed by atoms with E-state index in [9.17, 15) is 4.79 Å². The first kappa shape index (κ1) is 16.0. The summed E-state index contributed by atoms with van der Waals surface area (Å²) in [6.07, 6.45) is 3.39. The molecule has 7 nitrogen and oxygen atoms in total. The smallest absolute Gasteiger partial charge is 0.246 e. The number of fused-ring (bicyclic) bond motifs is 1. The van der Waals surface area contributed by atoms with Crippen LogP contribution in [0, 0.1) is 13.8 Å². The Balaban J connectivity index is 1.49. The van der Waals surface area contributed by atoms with Gasteiger partial charge in [-0.05, 0) is 44.2 Å². The summed E-state index contributed by atoms with van der Waals surface area (Å²) in [5.41, 5.74) is 4.40. The minimum atomic E-state index is -0.140. The lowest BCUT2D eigenvalue weighted by Crippen LogP contribution is -2.20. The molecular formula is C19H18N6O. The lowest BCUT2D eigenvalue weighted by molar-refractivity contribution is -0.116. The molecule has 1 aromatic carbocycles. The quantitative estimate of drug-likeness (QED) is 0.616. The largest absolute Gasteiger partial charge is 0.323 e. The van der Waals surface area contributed by atoms with Crippen molar-refractivity contribution in [2.24, 2.45) is 0 Å². The number of hydrogen-bond acceptors (Lipinski definition) is 4. The lowest BCUT2D eigenvalue weighted by atomic mass is 10.3. The van der Waals surface area contributed by atoms with Crippen LogP contribution in [-0.4, -0.2) is 30.2 Å². The van der Waals surface area contributed by atoms with Gasteiger partial charge in [-0.1, -0.05) is 12.1 Å². The number of carbonyl (C=O) groups excluding carboxylic acids is 1. The van der Waals surface area contributed by atoms with E-state index < -0.39 is 0 Å². The summed E-state index contributed by atoms with van der Waals surface area (Å²) in [7, 11) is 0. The van der Waals surface area contributed by atoms with E-state index in [1.807, 2.05) is 60.9 Å². The van der Waals surface area contributed by atoms with Crippen LogP contribution in [0.25, 0.3) is 16.9 Å². The highest BCUT2D eigenvalue weighted by atomic mass is 16.2. The zero-order chi connectivity index (χ0) is 18.1. The molecule has 3 heterocycles. The maximum atomic E-state index is 12.2. The number of aromatic nitrogens is 5. The number of nitrogens with zero attached hydrogens (tertiary/aromatic N) is 5. The molecule has 0 saturated heterocycles. The lowest BCUT2D eigenvalue weighted by Gasteiger charge is -2.08. The Bertz CT molecular complexity index is 1080. The van der Waals surface area contributed by atoms with Crippen LogP contribution < -0.4 is 5.32 Å². The van der Waals surface area contributed by atoms with E-state index in [4.69, 9.17) is 0 Å². The van der Waals surface area contributed by atoms with Gasteiger partial charge in [0.15, 0.2) is 0 Å². The Hall–Kier alpha value is -3.48. The molecule has 7 heteroatoms. The third kappa shape index (κ3) is 3.06. The first-order valence-corrected chi connectivity index (χ1v) is 8.29. The molecule has 0 spiro atoms. The zero-order valence-electron chi connectivity index (χ0n) is 14.5. The number of imidazole rings is 1. The molecule has 1 amide bonds. The van der Waals surface area contributed by atoms with Crippen LogP contribution in [0.5, 0.6) is 0 Å².